The molecule has 0 aliphatic carbocycles. The van der Waals surface area contributed by atoms with Crippen molar-refractivity contribution in [3.63, 3.8) is 0 Å². The highest BCUT2D eigenvalue weighted by Crippen LogP contribution is 2.49. The van der Waals surface area contributed by atoms with Crippen molar-refractivity contribution in [1.29, 1.82) is 0 Å². The van der Waals surface area contributed by atoms with Crippen molar-refractivity contribution in [2.75, 3.05) is 0 Å². The van der Waals surface area contributed by atoms with Crippen LogP contribution in [0.2, 0.25) is 0 Å². The maximum Gasteiger partial charge on any atom is 0.200 e. The first-order valence-corrected chi connectivity index (χ1v) is 6.32. The summed E-state index contributed by atoms with van der Waals surface area (Å²) in [5.41, 5.74) is 0.428. The van der Waals surface area contributed by atoms with Crippen molar-refractivity contribution < 1.29 is 13.9 Å². The van der Waals surface area contributed by atoms with Crippen LogP contribution >= 0.6 is 0 Å². The molecule has 4 nitrogen and oxygen atoms in total. The Kier molecular flexibility index (Phi) is 2.54. The first-order chi connectivity index (χ1) is 8.20. The Bertz CT molecular complexity index is 440. The monoisotopic (exact) mass is 235 g/mol. The molecule has 2 aliphatic rings. The Labute approximate surface area is 100 Å². The topological polar surface area (TPSA) is 52.3 Å². The van der Waals surface area contributed by atoms with Crippen LogP contribution in [0.5, 0.6) is 0 Å². The zero-order valence-corrected chi connectivity index (χ0v) is 10.2. The summed E-state index contributed by atoms with van der Waals surface area (Å²) in [4.78, 5) is 15.5. The van der Waals surface area contributed by atoms with E-state index in [0.717, 1.165) is 19.3 Å². The zero-order chi connectivity index (χ0) is 12.0. The van der Waals surface area contributed by atoms with Crippen LogP contribution in [0.25, 0.3) is 0 Å². The molecule has 1 unspecified atom stereocenters. The fourth-order valence-electron chi connectivity index (χ4n) is 3.24. The molecular formula is C13H17NO3. The fourth-order valence-corrected chi connectivity index (χ4v) is 3.24. The van der Waals surface area contributed by atoms with Crippen molar-refractivity contribution >= 4 is 5.78 Å². The van der Waals surface area contributed by atoms with Gasteiger partial charge >= 0.3 is 0 Å². The maximum atomic E-state index is 11.2. The second kappa shape index (κ2) is 3.95. The van der Waals surface area contributed by atoms with Gasteiger partial charge < -0.3 is 9.15 Å². The lowest BCUT2D eigenvalue weighted by molar-refractivity contribution is 0.0894. The number of Topliss-reactive ketones (excluding diaryl/α,β-unsaturated/α-hetero) is 1. The highest BCUT2D eigenvalue weighted by Gasteiger charge is 2.50. The number of hydrogen-bond acceptors (Lipinski definition) is 4. The molecule has 2 fully saturated rings. The molecule has 0 saturated carbocycles. The van der Waals surface area contributed by atoms with Crippen LogP contribution in [0.4, 0.5) is 0 Å². The van der Waals surface area contributed by atoms with E-state index in [1.807, 2.05) is 0 Å². The smallest absolute Gasteiger partial charge is 0.200 e. The number of hydrogen-bond donors (Lipinski definition) is 0. The third-order valence-corrected chi connectivity index (χ3v) is 4.06. The van der Waals surface area contributed by atoms with Gasteiger partial charge in [-0.05, 0) is 25.2 Å². The molecule has 3 rings (SSSR count). The summed E-state index contributed by atoms with van der Waals surface area (Å²) in [6, 6.07) is 0. The summed E-state index contributed by atoms with van der Waals surface area (Å²) in [6.07, 6.45) is 5.38. The summed E-state index contributed by atoms with van der Waals surface area (Å²) in [7, 11) is 0. The highest BCUT2D eigenvalue weighted by atomic mass is 16.5. The summed E-state index contributed by atoms with van der Waals surface area (Å²) >= 11 is 0. The summed E-state index contributed by atoms with van der Waals surface area (Å²) in [5, 5.41) is 0. The molecule has 0 amide bonds. The van der Waals surface area contributed by atoms with Crippen molar-refractivity contribution in [3.8, 4) is 0 Å². The molecule has 0 N–H and O–H groups in total. The lowest BCUT2D eigenvalue weighted by atomic mass is 9.78. The normalized spacial score (nSPS) is 35.4. The van der Waals surface area contributed by atoms with Gasteiger partial charge in [-0.1, -0.05) is 6.92 Å². The summed E-state index contributed by atoms with van der Waals surface area (Å²) in [6.45, 7) is 3.69. The second-order valence-corrected chi connectivity index (χ2v) is 5.02. The number of carbonyl (C=O) groups excluding carboxylic acids is 1. The van der Waals surface area contributed by atoms with Gasteiger partial charge in [0.15, 0.2) is 5.78 Å². The van der Waals surface area contributed by atoms with Gasteiger partial charge in [0.2, 0.25) is 5.89 Å². The number of ether oxygens (including phenoxy) is 1. The van der Waals surface area contributed by atoms with Crippen LogP contribution in [0.3, 0.4) is 0 Å². The van der Waals surface area contributed by atoms with E-state index in [9.17, 15) is 4.79 Å². The van der Waals surface area contributed by atoms with Crippen molar-refractivity contribution in [3.05, 3.63) is 17.8 Å². The van der Waals surface area contributed by atoms with Gasteiger partial charge in [-0.2, -0.15) is 0 Å². The van der Waals surface area contributed by atoms with Gasteiger partial charge in [-0.25, -0.2) is 4.98 Å². The summed E-state index contributed by atoms with van der Waals surface area (Å²) in [5.74, 6) is 1.38. The van der Waals surface area contributed by atoms with Crippen LogP contribution < -0.4 is 0 Å². The minimum absolute atomic E-state index is 0.0443. The molecule has 4 atom stereocenters. The van der Waals surface area contributed by atoms with E-state index in [2.05, 4.69) is 11.9 Å². The molecule has 0 radical (unpaired) electrons. The third kappa shape index (κ3) is 1.62. The molecule has 1 aromatic rings. The predicted molar refractivity (Wildman–Crippen MR) is 60.9 cm³/mol. The molecule has 4 heteroatoms. The van der Waals surface area contributed by atoms with Crippen LogP contribution in [-0.4, -0.2) is 23.0 Å². The minimum atomic E-state index is -0.0443. The zero-order valence-electron chi connectivity index (χ0n) is 10.2. The van der Waals surface area contributed by atoms with E-state index in [1.165, 1.54) is 13.2 Å². The number of oxazole rings is 1. The third-order valence-electron chi connectivity index (χ3n) is 4.06. The minimum Gasteiger partial charge on any atom is -0.448 e. The Balaban J connectivity index is 1.89. The molecule has 2 saturated heterocycles. The SMILES string of the molecule is CC[C@@H]1C(c2nc(C(C)=O)co2)[C@H]2CC[C@H]1O2. The Morgan fingerprint density at radius 2 is 2.24 bits per heavy atom. The van der Waals surface area contributed by atoms with Crippen LogP contribution in [-0.2, 0) is 4.74 Å². The van der Waals surface area contributed by atoms with Crippen LogP contribution in [0, 0.1) is 5.92 Å². The highest BCUT2D eigenvalue weighted by molar-refractivity contribution is 5.91. The largest absolute Gasteiger partial charge is 0.448 e. The fraction of sp³-hybridized carbons (Fsp3) is 0.692. The molecule has 0 aromatic carbocycles. The van der Waals surface area contributed by atoms with E-state index in [0.29, 0.717) is 23.6 Å². The molecule has 3 heterocycles. The Morgan fingerprint density at radius 1 is 1.47 bits per heavy atom. The first kappa shape index (κ1) is 11.0. The lowest BCUT2D eigenvalue weighted by Gasteiger charge is -2.24. The standard InChI is InChI=1S/C13H17NO3/c1-3-8-10-4-5-11(17-10)12(8)13-14-9(6-16-13)7(2)15/h6,8,10-12H,3-5H2,1-2H3/t8-,10+,11+,12?/m0/s1. The van der Waals surface area contributed by atoms with Crippen molar-refractivity contribution in [2.24, 2.45) is 5.92 Å². The molecule has 17 heavy (non-hydrogen) atoms. The van der Waals surface area contributed by atoms with Gasteiger partial charge in [0.25, 0.3) is 0 Å². The van der Waals surface area contributed by atoms with Gasteiger partial charge in [-0.3, -0.25) is 4.79 Å². The van der Waals surface area contributed by atoms with E-state index in [1.54, 1.807) is 0 Å². The maximum absolute atomic E-state index is 11.2. The predicted octanol–water partition coefficient (Wildman–Crippen LogP) is 2.55. The van der Waals surface area contributed by atoms with Gasteiger partial charge in [0.05, 0.1) is 18.1 Å². The van der Waals surface area contributed by atoms with E-state index in [4.69, 9.17) is 9.15 Å². The number of rotatable bonds is 3. The number of carbonyl (C=O) groups is 1. The van der Waals surface area contributed by atoms with Crippen molar-refractivity contribution in [1.82, 2.24) is 4.98 Å². The molecule has 0 spiro atoms. The summed E-state index contributed by atoms with van der Waals surface area (Å²) < 4.78 is 11.4. The average molecular weight is 235 g/mol. The quantitative estimate of drug-likeness (QED) is 0.755. The Morgan fingerprint density at radius 3 is 2.88 bits per heavy atom. The van der Waals surface area contributed by atoms with Crippen molar-refractivity contribution in [2.45, 2.75) is 51.2 Å². The lowest BCUT2D eigenvalue weighted by Crippen LogP contribution is -2.25. The molecule has 1 aromatic heterocycles. The second-order valence-electron chi connectivity index (χ2n) is 5.02. The number of nitrogens with zero attached hydrogens (tertiary/aromatic N) is 1. The van der Waals surface area contributed by atoms with Gasteiger partial charge in [0, 0.05) is 6.92 Å². The Hall–Kier alpha value is -1.16. The average Bonchev–Trinajstić information content (AvgIpc) is 3.02. The molecule has 92 valence electrons. The van der Waals surface area contributed by atoms with Crippen LogP contribution in [0.15, 0.2) is 10.7 Å². The van der Waals surface area contributed by atoms with Crippen LogP contribution in [0.1, 0.15) is 55.4 Å². The molecule has 2 aliphatic heterocycles. The van der Waals surface area contributed by atoms with Gasteiger partial charge in [0.1, 0.15) is 12.0 Å². The van der Waals surface area contributed by atoms with E-state index < -0.39 is 0 Å². The first-order valence-electron chi connectivity index (χ1n) is 6.32. The van der Waals surface area contributed by atoms with E-state index >= 15 is 0 Å². The molecule has 2 bridgehead atoms. The number of ketones is 1. The van der Waals surface area contributed by atoms with Gasteiger partial charge in [-0.15, -0.1) is 0 Å². The number of aromatic nitrogens is 1. The van der Waals surface area contributed by atoms with E-state index in [-0.39, 0.29) is 17.8 Å². The number of fused-ring (bicyclic) bond motifs is 2. The molecular weight excluding hydrogens is 218 g/mol.